The Hall–Kier alpha value is 0.0700. The van der Waals surface area contributed by atoms with E-state index in [1.54, 1.807) is 11.8 Å². The van der Waals surface area contributed by atoms with E-state index in [-0.39, 0.29) is 18.4 Å². The molecule has 0 bridgehead atoms. The van der Waals surface area contributed by atoms with Crippen molar-refractivity contribution in [3.63, 3.8) is 0 Å². The molecule has 0 aromatic heterocycles. The zero-order chi connectivity index (χ0) is 12.0. The molecule has 1 fully saturated rings. The van der Waals surface area contributed by atoms with Crippen molar-refractivity contribution in [2.75, 3.05) is 24.6 Å². The minimum atomic E-state index is 0. The number of rotatable bonds is 5. The maximum absolute atomic E-state index is 11.8. The third-order valence-electron chi connectivity index (χ3n) is 3.21. The smallest absolute Gasteiger partial charge is 0.232 e. The average Bonchev–Trinajstić information content (AvgIpc) is 2.29. The van der Waals surface area contributed by atoms with Crippen LogP contribution in [0.2, 0.25) is 0 Å². The second-order valence-electron chi connectivity index (χ2n) is 4.63. The van der Waals surface area contributed by atoms with Gasteiger partial charge in [-0.05, 0) is 37.9 Å². The van der Waals surface area contributed by atoms with Crippen LogP contribution < -0.4 is 5.73 Å². The molecular weight excluding hydrogens is 256 g/mol. The van der Waals surface area contributed by atoms with E-state index in [4.69, 9.17) is 5.73 Å². The van der Waals surface area contributed by atoms with E-state index in [0.29, 0.717) is 17.6 Å². The number of nitrogens with two attached hydrogens (primary N) is 1. The van der Waals surface area contributed by atoms with Crippen molar-refractivity contribution in [2.24, 2.45) is 11.7 Å². The van der Waals surface area contributed by atoms with Gasteiger partial charge in [-0.2, -0.15) is 11.8 Å². The monoisotopic (exact) mass is 280 g/mol. The summed E-state index contributed by atoms with van der Waals surface area (Å²) in [6, 6.07) is 0.270. The number of amides is 1. The van der Waals surface area contributed by atoms with Crippen molar-refractivity contribution in [1.29, 1.82) is 0 Å². The summed E-state index contributed by atoms with van der Waals surface area (Å²) in [6.07, 6.45) is 3.29. The number of hydrogen-bond acceptors (Lipinski definition) is 3. The van der Waals surface area contributed by atoms with Crippen LogP contribution in [0.4, 0.5) is 0 Å². The fourth-order valence-electron chi connectivity index (χ4n) is 2.07. The van der Waals surface area contributed by atoms with Gasteiger partial charge in [0.05, 0.1) is 5.75 Å². The van der Waals surface area contributed by atoms with Crippen molar-refractivity contribution >= 4 is 30.1 Å². The van der Waals surface area contributed by atoms with Crippen molar-refractivity contribution in [1.82, 2.24) is 4.90 Å². The molecule has 1 atom stereocenters. The summed E-state index contributed by atoms with van der Waals surface area (Å²) in [5.41, 5.74) is 5.88. The van der Waals surface area contributed by atoms with E-state index in [2.05, 4.69) is 13.8 Å². The molecule has 1 aliphatic heterocycles. The fourth-order valence-corrected chi connectivity index (χ4v) is 2.86. The summed E-state index contributed by atoms with van der Waals surface area (Å²) >= 11 is 1.75. The van der Waals surface area contributed by atoms with Gasteiger partial charge in [-0.3, -0.25) is 4.79 Å². The van der Waals surface area contributed by atoms with E-state index >= 15 is 0 Å². The van der Waals surface area contributed by atoms with Gasteiger partial charge in [-0.25, -0.2) is 0 Å². The summed E-state index contributed by atoms with van der Waals surface area (Å²) in [6.45, 7) is 6.01. The van der Waals surface area contributed by atoms with Crippen LogP contribution in [-0.2, 0) is 4.79 Å². The van der Waals surface area contributed by atoms with Gasteiger partial charge in [-0.15, -0.1) is 12.4 Å². The highest BCUT2D eigenvalue weighted by Crippen LogP contribution is 2.20. The fraction of sp³-hybridized carbons (Fsp3) is 0.917. The van der Waals surface area contributed by atoms with Gasteiger partial charge in [-0.1, -0.05) is 6.92 Å². The van der Waals surface area contributed by atoms with E-state index in [1.807, 2.05) is 4.90 Å². The van der Waals surface area contributed by atoms with Crippen LogP contribution in [0.15, 0.2) is 0 Å². The molecule has 1 unspecified atom stereocenters. The summed E-state index contributed by atoms with van der Waals surface area (Å²) in [7, 11) is 0. The maximum atomic E-state index is 11.8. The second kappa shape index (κ2) is 9.06. The lowest BCUT2D eigenvalue weighted by Gasteiger charge is -2.33. The summed E-state index contributed by atoms with van der Waals surface area (Å²) in [5.74, 6) is 2.65. The molecule has 5 heteroatoms. The predicted octanol–water partition coefficient (Wildman–Crippen LogP) is 2.14. The lowest BCUT2D eigenvalue weighted by molar-refractivity contribution is -0.129. The Morgan fingerprint density at radius 2 is 2.06 bits per heavy atom. The van der Waals surface area contributed by atoms with Crippen LogP contribution in [-0.4, -0.2) is 41.4 Å². The zero-order valence-electron chi connectivity index (χ0n) is 10.9. The van der Waals surface area contributed by atoms with Crippen LogP contribution in [0.5, 0.6) is 0 Å². The first-order valence-electron chi connectivity index (χ1n) is 6.26. The number of piperidine rings is 1. The molecule has 0 radical (unpaired) electrons. The van der Waals surface area contributed by atoms with E-state index < -0.39 is 0 Å². The van der Waals surface area contributed by atoms with Crippen molar-refractivity contribution in [3.05, 3.63) is 0 Å². The second-order valence-corrected chi connectivity index (χ2v) is 5.74. The van der Waals surface area contributed by atoms with Gasteiger partial charge in [0.2, 0.25) is 5.91 Å². The Bertz CT molecular complexity index is 219. The normalized spacial score (nSPS) is 18.6. The maximum Gasteiger partial charge on any atom is 0.232 e. The third-order valence-corrected chi connectivity index (χ3v) is 4.36. The molecule has 1 rings (SSSR count). The van der Waals surface area contributed by atoms with Gasteiger partial charge in [0.1, 0.15) is 0 Å². The standard InChI is InChI=1S/C12H24N2OS.ClH/c1-3-8-16-9-12(15)14-6-4-11(5-7-14)10(2)13;/h10-11H,3-9,13H2,1-2H3;1H. The summed E-state index contributed by atoms with van der Waals surface area (Å²) in [4.78, 5) is 13.8. The van der Waals surface area contributed by atoms with Gasteiger partial charge < -0.3 is 10.6 Å². The Labute approximate surface area is 115 Å². The molecule has 0 spiro atoms. The molecule has 1 heterocycles. The molecule has 1 saturated heterocycles. The lowest BCUT2D eigenvalue weighted by atomic mass is 9.91. The number of nitrogens with zero attached hydrogens (tertiary/aromatic N) is 1. The summed E-state index contributed by atoms with van der Waals surface area (Å²) < 4.78 is 0. The Balaban J connectivity index is 0.00000256. The number of carbonyl (C=O) groups excluding carboxylic acids is 1. The molecule has 102 valence electrons. The summed E-state index contributed by atoms with van der Waals surface area (Å²) in [5, 5.41) is 0. The zero-order valence-corrected chi connectivity index (χ0v) is 12.5. The van der Waals surface area contributed by atoms with Crippen molar-refractivity contribution < 1.29 is 4.79 Å². The van der Waals surface area contributed by atoms with E-state index in [1.165, 1.54) is 0 Å². The number of likely N-dealkylation sites (tertiary alicyclic amines) is 1. The molecule has 17 heavy (non-hydrogen) atoms. The molecule has 1 amide bonds. The van der Waals surface area contributed by atoms with Crippen LogP contribution in [0.3, 0.4) is 0 Å². The number of hydrogen-bond donors (Lipinski definition) is 1. The van der Waals surface area contributed by atoms with Gasteiger partial charge in [0.25, 0.3) is 0 Å². The molecule has 2 N–H and O–H groups in total. The first kappa shape index (κ1) is 17.1. The number of thioether (sulfide) groups is 1. The SMILES string of the molecule is CCCSCC(=O)N1CCC(C(C)N)CC1.Cl. The van der Waals surface area contributed by atoms with E-state index in [9.17, 15) is 4.79 Å². The molecule has 0 aliphatic carbocycles. The first-order valence-corrected chi connectivity index (χ1v) is 7.41. The van der Waals surface area contributed by atoms with Crippen LogP contribution in [0.1, 0.15) is 33.1 Å². The first-order chi connectivity index (χ1) is 7.65. The van der Waals surface area contributed by atoms with Crippen molar-refractivity contribution in [3.8, 4) is 0 Å². The van der Waals surface area contributed by atoms with Gasteiger partial charge >= 0.3 is 0 Å². The van der Waals surface area contributed by atoms with Crippen molar-refractivity contribution in [2.45, 2.75) is 39.2 Å². The highest BCUT2D eigenvalue weighted by atomic mass is 35.5. The number of carbonyl (C=O) groups is 1. The quantitative estimate of drug-likeness (QED) is 0.785. The average molecular weight is 281 g/mol. The lowest BCUT2D eigenvalue weighted by Crippen LogP contribution is -2.43. The Kier molecular flexibility index (Phi) is 9.10. The Morgan fingerprint density at radius 1 is 1.47 bits per heavy atom. The molecule has 1 aliphatic rings. The predicted molar refractivity (Wildman–Crippen MR) is 77.8 cm³/mol. The van der Waals surface area contributed by atoms with Crippen LogP contribution in [0, 0.1) is 5.92 Å². The van der Waals surface area contributed by atoms with Crippen LogP contribution >= 0.6 is 24.2 Å². The minimum Gasteiger partial charge on any atom is -0.342 e. The Morgan fingerprint density at radius 3 is 2.53 bits per heavy atom. The largest absolute Gasteiger partial charge is 0.342 e. The molecule has 0 saturated carbocycles. The topological polar surface area (TPSA) is 46.3 Å². The molecule has 3 nitrogen and oxygen atoms in total. The van der Waals surface area contributed by atoms with Gasteiger partial charge in [0.15, 0.2) is 0 Å². The molecule has 0 aromatic rings. The number of halogens is 1. The van der Waals surface area contributed by atoms with Crippen LogP contribution in [0.25, 0.3) is 0 Å². The molecule has 0 aromatic carbocycles. The third kappa shape index (κ3) is 5.98. The molecular formula is C12H25ClN2OS. The highest BCUT2D eigenvalue weighted by Gasteiger charge is 2.24. The highest BCUT2D eigenvalue weighted by molar-refractivity contribution is 7.99. The minimum absolute atomic E-state index is 0. The van der Waals surface area contributed by atoms with Gasteiger partial charge in [0, 0.05) is 19.1 Å². The van der Waals surface area contributed by atoms with E-state index in [0.717, 1.165) is 38.1 Å².